The van der Waals surface area contributed by atoms with Gasteiger partial charge in [0.05, 0.1) is 11.0 Å². The molecule has 0 amide bonds. The topological polar surface area (TPSA) is 150 Å². The van der Waals surface area contributed by atoms with Crippen LogP contribution in [0.15, 0.2) is 55.6 Å². The molecule has 0 unspecified atom stereocenters. The first-order valence-electron chi connectivity index (χ1n) is 18.8. The molecule has 5 aliphatic rings. The smallest absolute Gasteiger partial charge is 0.481 e. The monoisotopic (exact) mass is 716 g/mol. The van der Waals surface area contributed by atoms with Crippen LogP contribution in [0.1, 0.15) is 121 Å². The first-order valence-corrected chi connectivity index (χ1v) is 18.8. The van der Waals surface area contributed by atoms with E-state index in [2.05, 4.69) is 27.7 Å². The molecule has 10 heteroatoms. The van der Waals surface area contributed by atoms with Crippen LogP contribution in [0.5, 0.6) is 0 Å². The van der Waals surface area contributed by atoms with Crippen molar-refractivity contribution in [3.05, 3.63) is 69.7 Å². The van der Waals surface area contributed by atoms with Gasteiger partial charge in [-0.1, -0.05) is 51.5 Å². The average Bonchev–Trinajstić information content (AvgIpc) is 3.42. The van der Waals surface area contributed by atoms with Crippen molar-refractivity contribution >= 4 is 23.7 Å². The third-order valence-corrected chi connectivity index (χ3v) is 15.6. The fraction of sp³-hybridized carbons (Fsp3) is 0.643. The maximum absolute atomic E-state index is 14.9. The van der Waals surface area contributed by atoms with E-state index < -0.39 is 57.4 Å². The maximum Gasteiger partial charge on any atom is 0.519 e. The fourth-order valence-corrected chi connectivity index (χ4v) is 12.1. The molecule has 1 aromatic carbocycles. The van der Waals surface area contributed by atoms with Crippen LogP contribution in [-0.2, 0) is 30.5 Å². The van der Waals surface area contributed by atoms with Gasteiger partial charge >= 0.3 is 23.7 Å². The Balaban J connectivity index is 1.27. The number of ketones is 1. The molecule has 5 aliphatic carbocycles. The fourth-order valence-electron chi connectivity index (χ4n) is 12.1. The molecule has 10 nitrogen and oxygen atoms in total. The van der Waals surface area contributed by atoms with Gasteiger partial charge in [0.25, 0.3) is 0 Å². The highest BCUT2D eigenvalue weighted by Gasteiger charge is 2.72. The van der Waals surface area contributed by atoms with Gasteiger partial charge < -0.3 is 23.4 Å². The van der Waals surface area contributed by atoms with E-state index in [9.17, 15) is 29.1 Å². The van der Waals surface area contributed by atoms with Crippen LogP contribution >= 0.6 is 0 Å². The molecular formula is C42H52O10. The number of esters is 2. The highest BCUT2D eigenvalue weighted by atomic mass is 16.6. The molecule has 280 valence electrons. The number of allylic oxidation sites excluding steroid dienone is 2. The van der Waals surface area contributed by atoms with Crippen molar-refractivity contribution in [3.8, 4) is 0 Å². The summed E-state index contributed by atoms with van der Waals surface area (Å²) in [5, 5.41) is 10.3. The second kappa shape index (κ2) is 12.0. The summed E-state index contributed by atoms with van der Waals surface area (Å²) >= 11 is 0. The highest BCUT2D eigenvalue weighted by Crippen LogP contribution is 2.75. The predicted octanol–water partition coefficient (Wildman–Crippen LogP) is 7.86. The molecule has 1 N–H and O–H groups in total. The van der Waals surface area contributed by atoms with E-state index in [1.54, 1.807) is 38.1 Å². The van der Waals surface area contributed by atoms with Gasteiger partial charge in [-0.3, -0.25) is 14.4 Å². The standard InChI is InChI=1S/C42H52O10/c1-24-29(51-36(48)50-24)23-49-35(47)42(7)30-13-16-41(6)32(39(30,4)15-14-31(42)52-33(44)25-11-9-8-10-12-25)28(43)21-26-27-22-38(3,34(45)46)18-17-37(27,2)19-20-40(26,41)5/h8-12,21,27,30-32H,13-20,22-23H2,1-7H3,(H,45,46)/t27-,30+,31-,32+,37+,38-,39-,40+,41+,42-/m0/s1. The number of carbonyl (C=O) groups is 4. The third kappa shape index (κ3) is 5.12. The van der Waals surface area contributed by atoms with Gasteiger partial charge in [-0.2, -0.15) is 0 Å². The number of benzene rings is 1. The lowest BCUT2D eigenvalue weighted by Crippen LogP contribution is -2.68. The molecule has 0 aliphatic heterocycles. The Labute approximate surface area is 304 Å². The Bertz CT molecular complexity index is 1910. The zero-order valence-corrected chi connectivity index (χ0v) is 31.5. The zero-order chi connectivity index (χ0) is 37.6. The van der Waals surface area contributed by atoms with E-state index in [0.29, 0.717) is 44.1 Å². The number of rotatable bonds is 6. The lowest BCUT2D eigenvalue weighted by molar-refractivity contribution is -0.218. The largest absolute Gasteiger partial charge is 0.519 e. The lowest BCUT2D eigenvalue weighted by atomic mass is 9.33. The summed E-state index contributed by atoms with van der Waals surface area (Å²) in [5.74, 6) is -3.23. The number of carbonyl (C=O) groups excluding carboxylic acids is 3. The molecule has 1 heterocycles. The third-order valence-electron chi connectivity index (χ3n) is 15.6. The van der Waals surface area contributed by atoms with Crippen molar-refractivity contribution in [2.45, 2.75) is 119 Å². The van der Waals surface area contributed by atoms with E-state index >= 15 is 0 Å². The summed E-state index contributed by atoms with van der Waals surface area (Å²) in [6.45, 7) is 13.9. The van der Waals surface area contributed by atoms with Crippen molar-refractivity contribution < 1.29 is 42.6 Å². The van der Waals surface area contributed by atoms with Crippen LogP contribution in [0.2, 0.25) is 0 Å². The molecular weight excluding hydrogens is 664 g/mol. The highest BCUT2D eigenvalue weighted by molar-refractivity contribution is 5.96. The first kappa shape index (κ1) is 36.4. The normalized spacial score (nSPS) is 41.0. The summed E-state index contributed by atoms with van der Waals surface area (Å²) < 4.78 is 22.2. The van der Waals surface area contributed by atoms with Gasteiger partial charge in [-0.05, 0) is 130 Å². The minimum absolute atomic E-state index is 0.00633. The quantitative estimate of drug-likeness (QED) is 0.293. The molecule has 1 aromatic heterocycles. The van der Waals surface area contributed by atoms with E-state index in [4.69, 9.17) is 18.3 Å². The number of aliphatic carboxylic acids is 1. The minimum atomic E-state index is -1.33. The minimum Gasteiger partial charge on any atom is -0.481 e. The van der Waals surface area contributed by atoms with Crippen LogP contribution in [0.3, 0.4) is 0 Å². The van der Waals surface area contributed by atoms with Crippen LogP contribution in [0.4, 0.5) is 0 Å². The molecule has 0 spiro atoms. The first-order chi connectivity index (χ1) is 24.3. The number of fused-ring (bicyclic) bond motifs is 7. The second-order valence-corrected chi connectivity index (χ2v) is 18.1. The van der Waals surface area contributed by atoms with Crippen molar-refractivity contribution in [2.24, 2.45) is 50.2 Å². The molecule has 0 bridgehead atoms. The van der Waals surface area contributed by atoms with Crippen LogP contribution in [-0.4, -0.2) is 34.9 Å². The van der Waals surface area contributed by atoms with Crippen molar-refractivity contribution in [3.63, 3.8) is 0 Å². The Kier molecular flexibility index (Phi) is 8.43. The number of hydrogen-bond acceptors (Lipinski definition) is 9. The molecule has 4 saturated carbocycles. The predicted molar refractivity (Wildman–Crippen MR) is 189 cm³/mol. The van der Waals surface area contributed by atoms with Crippen molar-refractivity contribution in [1.82, 2.24) is 0 Å². The number of ether oxygens (including phenoxy) is 2. The lowest BCUT2D eigenvalue weighted by Gasteiger charge is -2.70. The Hall–Kier alpha value is -3.95. The number of aryl methyl sites for hydroxylation is 1. The van der Waals surface area contributed by atoms with E-state index in [1.165, 1.54) is 0 Å². The Morgan fingerprint density at radius 3 is 2.23 bits per heavy atom. The van der Waals surface area contributed by atoms with Gasteiger partial charge in [0.15, 0.2) is 23.9 Å². The second-order valence-electron chi connectivity index (χ2n) is 18.1. The average molecular weight is 717 g/mol. The molecule has 10 atom stereocenters. The number of hydrogen-bond donors (Lipinski definition) is 1. The summed E-state index contributed by atoms with van der Waals surface area (Å²) in [5.41, 5.74) is -2.21. The molecule has 0 saturated heterocycles. The van der Waals surface area contributed by atoms with E-state index in [-0.39, 0.29) is 46.6 Å². The Morgan fingerprint density at radius 2 is 1.58 bits per heavy atom. The van der Waals surface area contributed by atoms with Crippen LogP contribution in [0.25, 0.3) is 0 Å². The molecule has 7 rings (SSSR count). The summed E-state index contributed by atoms with van der Waals surface area (Å²) in [6.07, 6.45) is 7.05. The summed E-state index contributed by atoms with van der Waals surface area (Å²) in [6, 6.07) is 8.67. The molecule has 52 heavy (non-hydrogen) atoms. The van der Waals surface area contributed by atoms with Crippen LogP contribution in [0, 0.1) is 57.2 Å². The van der Waals surface area contributed by atoms with Crippen molar-refractivity contribution in [2.75, 3.05) is 0 Å². The molecule has 2 aromatic rings. The molecule has 0 radical (unpaired) electrons. The van der Waals surface area contributed by atoms with Gasteiger partial charge in [-0.25, -0.2) is 9.59 Å². The van der Waals surface area contributed by atoms with Gasteiger partial charge in [0, 0.05) is 5.92 Å². The van der Waals surface area contributed by atoms with Gasteiger partial charge in [0.2, 0.25) is 0 Å². The number of carboxylic acids is 1. The van der Waals surface area contributed by atoms with E-state index in [1.807, 2.05) is 19.1 Å². The summed E-state index contributed by atoms with van der Waals surface area (Å²) in [7, 11) is 0. The van der Waals surface area contributed by atoms with Gasteiger partial charge in [0.1, 0.15) is 11.5 Å². The zero-order valence-electron chi connectivity index (χ0n) is 31.5. The van der Waals surface area contributed by atoms with E-state index in [0.717, 1.165) is 24.8 Å². The van der Waals surface area contributed by atoms with Crippen molar-refractivity contribution in [1.29, 1.82) is 0 Å². The van der Waals surface area contributed by atoms with Crippen LogP contribution < -0.4 is 5.82 Å². The Morgan fingerprint density at radius 1 is 0.885 bits per heavy atom. The SMILES string of the molecule is Cc1oc(=O)oc1COC(=O)[C@]1(C)[C@@H](OC(=O)c2ccccc2)CC[C@@]2(C)[C@H]1CC[C@]1(C)[C@@H]2C(=O)C=C2[C@@H]3C[C@@](C)(C(=O)O)CC[C@]3(C)CC[C@]21C. The summed E-state index contributed by atoms with van der Waals surface area (Å²) in [4.78, 5) is 67.2. The number of carboxylic acid groups (broad SMARTS) is 1. The maximum atomic E-state index is 14.9. The van der Waals surface area contributed by atoms with Gasteiger partial charge in [-0.15, -0.1) is 0 Å². The molecule has 4 fully saturated rings.